The van der Waals surface area contributed by atoms with E-state index in [4.69, 9.17) is 0 Å². The number of anilines is 1. The fraction of sp³-hybridized carbons (Fsp3) is 0.312. The van der Waals surface area contributed by atoms with Crippen LogP contribution in [0.1, 0.15) is 22.2 Å². The Morgan fingerprint density at radius 2 is 2.14 bits per heavy atom. The first-order valence-electron chi connectivity index (χ1n) is 6.80. The fourth-order valence-corrected chi connectivity index (χ4v) is 3.03. The smallest absolute Gasteiger partial charge is 0.256 e. The summed E-state index contributed by atoms with van der Waals surface area (Å²) in [4.78, 5) is 15.5. The second-order valence-electron chi connectivity index (χ2n) is 4.96. The van der Waals surface area contributed by atoms with Crippen molar-refractivity contribution in [1.82, 2.24) is 4.90 Å². The standard InChI is InChI=1S/C16H19FN2OS/c1-11(10-12-6-5-9-21-12)19(3)16(20)13-7-4-8-14(17)15(13)18-2/h4-9,11,18H,10H2,1-3H3. The molecule has 112 valence electrons. The van der Waals surface area contributed by atoms with Crippen LogP contribution in [0.3, 0.4) is 0 Å². The Bertz CT molecular complexity index is 613. The van der Waals surface area contributed by atoms with Crippen molar-refractivity contribution in [3.05, 3.63) is 52.0 Å². The maximum Gasteiger partial charge on any atom is 0.256 e. The van der Waals surface area contributed by atoms with Gasteiger partial charge in [0.2, 0.25) is 0 Å². The number of thiophene rings is 1. The zero-order valence-electron chi connectivity index (χ0n) is 12.4. The van der Waals surface area contributed by atoms with E-state index in [1.165, 1.54) is 10.9 Å². The second kappa shape index (κ2) is 6.72. The molecule has 0 aliphatic carbocycles. The molecule has 0 saturated heterocycles. The summed E-state index contributed by atoms with van der Waals surface area (Å²) in [6, 6.07) is 8.65. The van der Waals surface area contributed by atoms with Gasteiger partial charge in [0.25, 0.3) is 5.91 Å². The van der Waals surface area contributed by atoms with E-state index < -0.39 is 5.82 Å². The van der Waals surface area contributed by atoms with Gasteiger partial charge in [-0.05, 0) is 30.5 Å². The Morgan fingerprint density at radius 3 is 2.76 bits per heavy atom. The molecule has 5 heteroatoms. The van der Waals surface area contributed by atoms with Crippen LogP contribution in [0.5, 0.6) is 0 Å². The van der Waals surface area contributed by atoms with Gasteiger partial charge < -0.3 is 10.2 Å². The molecule has 0 aliphatic heterocycles. The lowest BCUT2D eigenvalue weighted by Crippen LogP contribution is -2.36. The molecule has 0 radical (unpaired) electrons. The van der Waals surface area contributed by atoms with Crippen molar-refractivity contribution in [1.29, 1.82) is 0 Å². The van der Waals surface area contributed by atoms with Gasteiger partial charge in [-0.1, -0.05) is 12.1 Å². The molecule has 0 spiro atoms. The minimum Gasteiger partial charge on any atom is -0.385 e. The van der Waals surface area contributed by atoms with Crippen LogP contribution in [0.4, 0.5) is 10.1 Å². The van der Waals surface area contributed by atoms with Crippen LogP contribution in [-0.2, 0) is 6.42 Å². The van der Waals surface area contributed by atoms with E-state index in [-0.39, 0.29) is 17.6 Å². The Morgan fingerprint density at radius 1 is 1.38 bits per heavy atom. The van der Waals surface area contributed by atoms with Gasteiger partial charge >= 0.3 is 0 Å². The highest BCUT2D eigenvalue weighted by Gasteiger charge is 2.21. The lowest BCUT2D eigenvalue weighted by molar-refractivity contribution is 0.0744. The zero-order valence-corrected chi connectivity index (χ0v) is 13.2. The van der Waals surface area contributed by atoms with Crippen molar-refractivity contribution in [2.24, 2.45) is 0 Å². The quantitative estimate of drug-likeness (QED) is 0.915. The van der Waals surface area contributed by atoms with Crippen molar-refractivity contribution < 1.29 is 9.18 Å². The Balaban J connectivity index is 2.17. The number of nitrogens with zero attached hydrogens (tertiary/aromatic N) is 1. The van der Waals surface area contributed by atoms with Gasteiger partial charge in [-0.15, -0.1) is 11.3 Å². The van der Waals surface area contributed by atoms with E-state index in [2.05, 4.69) is 11.4 Å². The van der Waals surface area contributed by atoms with Crippen LogP contribution < -0.4 is 5.32 Å². The molecule has 0 aliphatic rings. The highest BCUT2D eigenvalue weighted by Crippen LogP contribution is 2.22. The summed E-state index contributed by atoms with van der Waals surface area (Å²) >= 11 is 1.68. The maximum atomic E-state index is 13.7. The molecule has 2 rings (SSSR count). The van der Waals surface area contributed by atoms with Crippen LogP contribution in [0.2, 0.25) is 0 Å². The molecular formula is C16H19FN2OS. The third-order valence-electron chi connectivity index (χ3n) is 3.55. The molecule has 0 saturated carbocycles. The first-order chi connectivity index (χ1) is 10.0. The number of nitrogens with one attached hydrogen (secondary N) is 1. The van der Waals surface area contributed by atoms with Crippen LogP contribution in [-0.4, -0.2) is 30.9 Å². The molecule has 1 aromatic carbocycles. The summed E-state index contributed by atoms with van der Waals surface area (Å²) in [5.41, 5.74) is 0.607. The Kier molecular flexibility index (Phi) is 4.96. The van der Waals surface area contributed by atoms with E-state index in [0.717, 1.165) is 6.42 Å². The normalized spacial score (nSPS) is 12.0. The van der Waals surface area contributed by atoms with Crippen LogP contribution >= 0.6 is 11.3 Å². The minimum absolute atomic E-state index is 0.0455. The molecule has 1 amide bonds. The van der Waals surface area contributed by atoms with Crippen LogP contribution in [0, 0.1) is 5.82 Å². The van der Waals surface area contributed by atoms with Gasteiger partial charge in [0.05, 0.1) is 11.3 Å². The number of halogens is 1. The lowest BCUT2D eigenvalue weighted by atomic mass is 10.1. The number of amides is 1. The summed E-state index contributed by atoms with van der Waals surface area (Å²) in [6.07, 6.45) is 0.796. The predicted molar refractivity (Wildman–Crippen MR) is 85.5 cm³/mol. The number of carbonyl (C=O) groups is 1. The maximum absolute atomic E-state index is 13.7. The third-order valence-corrected chi connectivity index (χ3v) is 4.45. The number of rotatable bonds is 5. The van der Waals surface area contributed by atoms with Crippen molar-refractivity contribution >= 4 is 22.9 Å². The van der Waals surface area contributed by atoms with E-state index in [0.29, 0.717) is 5.56 Å². The number of hydrogen-bond donors (Lipinski definition) is 1. The highest BCUT2D eigenvalue weighted by atomic mass is 32.1. The molecular weight excluding hydrogens is 287 g/mol. The molecule has 1 heterocycles. The van der Waals surface area contributed by atoms with Gasteiger partial charge in [-0.25, -0.2) is 4.39 Å². The van der Waals surface area contributed by atoms with Crippen LogP contribution in [0.15, 0.2) is 35.7 Å². The Labute approximate surface area is 128 Å². The zero-order chi connectivity index (χ0) is 15.4. The third kappa shape index (κ3) is 3.42. The average Bonchev–Trinajstić information content (AvgIpc) is 2.98. The molecule has 2 aromatic rings. The molecule has 3 nitrogen and oxygen atoms in total. The topological polar surface area (TPSA) is 32.3 Å². The molecule has 0 fully saturated rings. The molecule has 1 aromatic heterocycles. The SMILES string of the molecule is CNc1c(F)cccc1C(=O)N(C)C(C)Cc1cccs1. The number of likely N-dealkylation sites (N-methyl/N-ethyl adjacent to an activating group) is 1. The molecule has 1 unspecified atom stereocenters. The number of para-hydroxylation sites is 1. The monoisotopic (exact) mass is 306 g/mol. The van der Waals surface area contributed by atoms with Gasteiger partial charge in [0, 0.05) is 31.4 Å². The van der Waals surface area contributed by atoms with Gasteiger partial charge in [0.15, 0.2) is 0 Å². The van der Waals surface area contributed by atoms with Crippen molar-refractivity contribution in [2.45, 2.75) is 19.4 Å². The van der Waals surface area contributed by atoms with Crippen molar-refractivity contribution in [3.63, 3.8) is 0 Å². The molecule has 21 heavy (non-hydrogen) atoms. The van der Waals surface area contributed by atoms with Crippen LogP contribution in [0.25, 0.3) is 0 Å². The van der Waals surface area contributed by atoms with E-state index in [9.17, 15) is 9.18 Å². The number of benzene rings is 1. The van der Waals surface area contributed by atoms with Crippen molar-refractivity contribution in [3.8, 4) is 0 Å². The summed E-state index contributed by atoms with van der Waals surface area (Å²) in [6.45, 7) is 2.00. The number of carbonyl (C=O) groups excluding carboxylic acids is 1. The van der Waals surface area contributed by atoms with Crippen molar-refractivity contribution in [2.75, 3.05) is 19.4 Å². The minimum atomic E-state index is -0.414. The van der Waals surface area contributed by atoms with E-state index >= 15 is 0 Å². The summed E-state index contributed by atoms with van der Waals surface area (Å²) in [7, 11) is 3.37. The molecule has 1 atom stereocenters. The van der Waals surface area contributed by atoms with Gasteiger partial charge in [0.1, 0.15) is 5.82 Å². The van der Waals surface area contributed by atoms with E-state index in [1.54, 1.807) is 42.5 Å². The first kappa shape index (κ1) is 15.5. The number of hydrogen-bond acceptors (Lipinski definition) is 3. The largest absolute Gasteiger partial charge is 0.385 e. The Hall–Kier alpha value is -1.88. The summed E-state index contributed by atoms with van der Waals surface area (Å²) in [5, 5.41) is 4.79. The summed E-state index contributed by atoms with van der Waals surface area (Å²) in [5.74, 6) is -0.592. The molecule has 1 N–H and O–H groups in total. The molecule has 0 bridgehead atoms. The fourth-order valence-electron chi connectivity index (χ4n) is 2.20. The van der Waals surface area contributed by atoms with Gasteiger partial charge in [-0.3, -0.25) is 4.79 Å². The summed E-state index contributed by atoms with van der Waals surface area (Å²) < 4.78 is 13.7. The predicted octanol–water partition coefficient (Wildman–Crippen LogP) is 3.63. The first-order valence-corrected chi connectivity index (χ1v) is 7.68. The lowest BCUT2D eigenvalue weighted by Gasteiger charge is -2.25. The second-order valence-corrected chi connectivity index (χ2v) is 5.99. The average molecular weight is 306 g/mol. The van der Waals surface area contributed by atoms with Gasteiger partial charge in [-0.2, -0.15) is 0 Å². The highest BCUT2D eigenvalue weighted by molar-refractivity contribution is 7.09. The van der Waals surface area contributed by atoms with E-state index in [1.807, 2.05) is 18.4 Å².